The molecule has 4 fully saturated rings. The van der Waals surface area contributed by atoms with Crippen molar-refractivity contribution in [1.82, 2.24) is 5.16 Å². The molecule has 47 heavy (non-hydrogen) atoms. The monoisotopic (exact) mass is 704 g/mol. The van der Waals surface area contributed by atoms with Gasteiger partial charge in [0.25, 0.3) is 0 Å². The van der Waals surface area contributed by atoms with Gasteiger partial charge in [0.05, 0.1) is 45.1 Å². The molecular formula is C34H35Cl2FN2O7S. The van der Waals surface area contributed by atoms with Crippen LogP contribution in [0.1, 0.15) is 80.0 Å². The fourth-order valence-electron chi connectivity index (χ4n) is 7.30. The zero-order valence-corrected chi connectivity index (χ0v) is 28.3. The number of anilines is 1. The third-order valence-corrected chi connectivity index (χ3v) is 12.5. The van der Waals surface area contributed by atoms with E-state index in [4.69, 9.17) is 37.2 Å². The third kappa shape index (κ3) is 6.25. The number of piperidine rings is 1. The van der Waals surface area contributed by atoms with Crippen molar-refractivity contribution in [3.8, 4) is 11.3 Å². The minimum Gasteiger partial charge on any atom is -0.375 e. The average Bonchev–Trinajstić information content (AvgIpc) is 3.51. The van der Waals surface area contributed by atoms with Crippen LogP contribution in [-0.2, 0) is 30.7 Å². The van der Waals surface area contributed by atoms with E-state index in [-0.39, 0.29) is 49.2 Å². The van der Waals surface area contributed by atoms with E-state index in [1.165, 1.54) is 12.1 Å². The van der Waals surface area contributed by atoms with Crippen molar-refractivity contribution in [3.63, 3.8) is 0 Å². The Morgan fingerprint density at radius 1 is 1.13 bits per heavy atom. The SMILES string of the molecule is CC1(C)CC(S(=O)(=O)CC(=O)c2ccc(N3C(=O)[C@@H]4C[C@H]3C[C@H]4OCc3c(-c4c(Cl)cccc4Cl)noc3C3CC3)cc2F)CCO1. The van der Waals surface area contributed by atoms with Gasteiger partial charge in [0, 0.05) is 35.4 Å². The number of carbonyl (C=O) groups is 2. The smallest absolute Gasteiger partial charge is 0.233 e. The minimum absolute atomic E-state index is 0.174. The lowest BCUT2D eigenvalue weighted by Crippen LogP contribution is -2.43. The standard InChI is InChI=1S/C34H35Cl2FN2O7S/c1-34(2)15-21(10-11-45-34)47(42,43)17-28(40)22-9-8-19(13-27(22)37)39-20-12-23(33(39)41)29(14-20)44-16-24-31(38-46-32(24)18-6-7-18)30-25(35)4-3-5-26(30)36/h3-5,8-9,13,18,20-21,23,29H,6-7,10-12,14-17H2,1-2H3/t20-,21?,23+,29+/m0/s1. The molecule has 0 spiro atoms. The molecule has 2 aromatic carbocycles. The number of ether oxygens (including phenoxy) is 2. The molecule has 4 atom stereocenters. The molecule has 13 heteroatoms. The zero-order chi connectivity index (χ0) is 33.2. The van der Waals surface area contributed by atoms with E-state index in [0.717, 1.165) is 30.2 Å². The lowest BCUT2D eigenvalue weighted by atomic mass is 9.98. The van der Waals surface area contributed by atoms with E-state index >= 15 is 4.39 Å². The van der Waals surface area contributed by atoms with Crippen LogP contribution in [0.4, 0.5) is 10.1 Å². The predicted molar refractivity (Wildman–Crippen MR) is 174 cm³/mol. The van der Waals surface area contributed by atoms with Gasteiger partial charge in [-0.1, -0.05) is 34.4 Å². The largest absolute Gasteiger partial charge is 0.375 e. The Morgan fingerprint density at radius 3 is 2.53 bits per heavy atom. The van der Waals surface area contributed by atoms with Gasteiger partial charge >= 0.3 is 0 Å². The number of amides is 1. The number of hydrogen-bond donors (Lipinski definition) is 0. The number of rotatable bonds is 10. The molecule has 1 aromatic heterocycles. The lowest BCUT2D eigenvalue weighted by Gasteiger charge is -2.35. The first-order chi connectivity index (χ1) is 22.3. The van der Waals surface area contributed by atoms with Gasteiger partial charge in [-0.15, -0.1) is 0 Å². The predicted octanol–water partition coefficient (Wildman–Crippen LogP) is 6.93. The highest BCUT2D eigenvalue weighted by molar-refractivity contribution is 7.92. The van der Waals surface area contributed by atoms with Crippen molar-refractivity contribution in [3.05, 3.63) is 69.1 Å². The van der Waals surface area contributed by atoms with Gasteiger partial charge in [0.1, 0.15) is 23.0 Å². The lowest BCUT2D eigenvalue weighted by molar-refractivity contribution is -0.126. The summed E-state index contributed by atoms with van der Waals surface area (Å²) in [5, 5.41) is 4.48. The van der Waals surface area contributed by atoms with Crippen LogP contribution in [0.3, 0.4) is 0 Å². The minimum atomic E-state index is -3.81. The number of ketones is 1. The quantitative estimate of drug-likeness (QED) is 0.209. The summed E-state index contributed by atoms with van der Waals surface area (Å²) in [6, 6.07) is 8.95. The maximum atomic E-state index is 15.3. The number of aromatic nitrogens is 1. The molecule has 0 N–H and O–H groups in total. The van der Waals surface area contributed by atoms with Crippen molar-refractivity contribution in [2.75, 3.05) is 17.3 Å². The first-order valence-electron chi connectivity index (χ1n) is 15.9. The molecule has 2 saturated heterocycles. The van der Waals surface area contributed by atoms with Crippen molar-refractivity contribution in [2.24, 2.45) is 5.92 Å². The van der Waals surface area contributed by atoms with Gasteiger partial charge in [-0.05, 0) is 82.7 Å². The Kier molecular flexibility index (Phi) is 8.52. The molecule has 2 bridgehead atoms. The summed E-state index contributed by atoms with van der Waals surface area (Å²) in [5.41, 5.74) is 1.30. The third-order valence-electron chi connectivity index (χ3n) is 9.83. The molecule has 250 valence electrons. The molecule has 3 heterocycles. The molecule has 2 saturated carbocycles. The van der Waals surface area contributed by atoms with Gasteiger partial charge in [-0.2, -0.15) is 0 Å². The molecule has 0 radical (unpaired) electrons. The fourth-order valence-corrected chi connectivity index (χ4v) is 9.75. The fraction of sp³-hybridized carbons (Fsp3) is 0.500. The Labute approximate surface area is 282 Å². The topological polar surface area (TPSA) is 116 Å². The normalized spacial score (nSPS) is 25.5. The van der Waals surface area contributed by atoms with Gasteiger partial charge in [0.15, 0.2) is 15.6 Å². The Bertz CT molecular complexity index is 1840. The number of halogens is 3. The molecule has 1 amide bonds. The maximum Gasteiger partial charge on any atom is 0.233 e. The molecule has 9 nitrogen and oxygen atoms in total. The molecular weight excluding hydrogens is 670 g/mol. The Hall–Kier alpha value is -2.83. The number of nitrogens with zero attached hydrogens (tertiary/aromatic N) is 2. The second kappa shape index (κ2) is 12.2. The number of fused-ring (bicyclic) bond motifs is 2. The number of hydrogen-bond acceptors (Lipinski definition) is 8. The average molecular weight is 706 g/mol. The van der Waals surface area contributed by atoms with Gasteiger partial charge in [-0.3, -0.25) is 9.59 Å². The van der Waals surface area contributed by atoms with Crippen molar-refractivity contribution < 1.29 is 36.4 Å². The molecule has 3 aromatic rings. The molecule has 2 aliphatic carbocycles. The highest BCUT2D eigenvalue weighted by Gasteiger charge is 2.52. The van der Waals surface area contributed by atoms with E-state index in [1.54, 1.807) is 23.1 Å². The van der Waals surface area contributed by atoms with Gasteiger partial charge in [-0.25, -0.2) is 12.8 Å². The number of Topliss-reactive ketones (excluding diaryl/α,β-unsaturated/α-hetero) is 1. The summed E-state index contributed by atoms with van der Waals surface area (Å²) in [7, 11) is -3.81. The summed E-state index contributed by atoms with van der Waals surface area (Å²) in [4.78, 5) is 28.1. The van der Waals surface area contributed by atoms with Crippen LogP contribution in [0.2, 0.25) is 10.0 Å². The second-order valence-electron chi connectivity index (χ2n) is 13.7. The highest BCUT2D eigenvalue weighted by Crippen LogP contribution is 2.48. The number of benzene rings is 2. The van der Waals surface area contributed by atoms with E-state index in [2.05, 4.69) is 5.16 Å². The van der Waals surface area contributed by atoms with Gasteiger partial charge < -0.3 is 18.9 Å². The van der Waals surface area contributed by atoms with E-state index < -0.39 is 44.0 Å². The van der Waals surface area contributed by atoms with Gasteiger partial charge in [0.2, 0.25) is 5.91 Å². The second-order valence-corrected chi connectivity index (χ2v) is 16.7. The first kappa shape index (κ1) is 32.7. The molecule has 7 rings (SSSR count). The number of carbonyl (C=O) groups excluding carboxylic acids is 2. The van der Waals surface area contributed by atoms with Crippen LogP contribution in [0.5, 0.6) is 0 Å². The summed E-state index contributed by atoms with van der Waals surface area (Å²) in [6.45, 7) is 4.08. The summed E-state index contributed by atoms with van der Waals surface area (Å²) < 4.78 is 59.1. The van der Waals surface area contributed by atoms with E-state index in [1.807, 2.05) is 13.8 Å². The van der Waals surface area contributed by atoms with Crippen molar-refractivity contribution in [1.29, 1.82) is 0 Å². The van der Waals surface area contributed by atoms with Crippen molar-refractivity contribution >= 4 is 50.4 Å². The Balaban J connectivity index is 1.03. The van der Waals surface area contributed by atoms with Crippen LogP contribution < -0.4 is 4.90 Å². The Morgan fingerprint density at radius 2 is 1.87 bits per heavy atom. The highest BCUT2D eigenvalue weighted by atomic mass is 35.5. The van der Waals surface area contributed by atoms with Crippen LogP contribution in [0, 0.1) is 11.7 Å². The van der Waals surface area contributed by atoms with Crippen LogP contribution in [-0.4, -0.2) is 60.6 Å². The number of sulfone groups is 1. The first-order valence-corrected chi connectivity index (χ1v) is 18.4. The van der Waals surface area contributed by atoms with E-state index in [0.29, 0.717) is 46.3 Å². The van der Waals surface area contributed by atoms with Crippen LogP contribution >= 0.6 is 23.2 Å². The van der Waals surface area contributed by atoms with Crippen LogP contribution in [0.25, 0.3) is 11.3 Å². The molecule has 2 aliphatic heterocycles. The summed E-state index contributed by atoms with van der Waals surface area (Å²) in [5.74, 6) is -2.04. The zero-order valence-electron chi connectivity index (χ0n) is 26.0. The maximum absolute atomic E-state index is 15.3. The van der Waals surface area contributed by atoms with E-state index in [9.17, 15) is 18.0 Å². The molecule has 1 unspecified atom stereocenters. The van der Waals surface area contributed by atoms with Crippen LogP contribution in [0.15, 0.2) is 40.9 Å². The molecule has 4 aliphatic rings. The summed E-state index contributed by atoms with van der Waals surface area (Å²) in [6.07, 6.45) is 3.29. The summed E-state index contributed by atoms with van der Waals surface area (Å²) >= 11 is 13.0. The van der Waals surface area contributed by atoms with Crippen molar-refractivity contribution in [2.45, 2.75) is 87.9 Å².